The highest BCUT2D eigenvalue weighted by Crippen LogP contribution is 2.31. The lowest BCUT2D eigenvalue weighted by Crippen LogP contribution is -2.18. The molecule has 3 aromatic rings. The minimum absolute atomic E-state index is 0.119. The molecular formula is C19H14F5N3O. The van der Waals surface area contributed by atoms with Crippen LogP contribution < -0.4 is 5.32 Å². The van der Waals surface area contributed by atoms with Crippen molar-refractivity contribution in [1.82, 2.24) is 10.2 Å². The molecule has 0 saturated heterocycles. The molecule has 0 unspecified atom stereocenters. The van der Waals surface area contributed by atoms with Crippen LogP contribution >= 0.6 is 0 Å². The average Bonchev–Trinajstić information content (AvgIpc) is 3.05. The van der Waals surface area contributed by atoms with Crippen LogP contribution in [0.3, 0.4) is 0 Å². The predicted molar refractivity (Wildman–Crippen MR) is 92.8 cm³/mol. The number of aromatic amines is 1. The van der Waals surface area contributed by atoms with Gasteiger partial charge in [-0.15, -0.1) is 0 Å². The molecule has 0 saturated carbocycles. The molecule has 146 valence electrons. The Morgan fingerprint density at radius 1 is 1.14 bits per heavy atom. The highest BCUT2D eigenvalue weighted by molar-refractivity contribution is 6.06. The van der Waals surface area contributed by atoms with E-state index in [-0.39, 0.29) is 16.8 Å². The predicted octanol–water partition coefficient (Wildman–Crippen LogP) is 5.02. The van der Waals surface area contributed by atoms with Crippen LogP contribution in [0.2, 0.25) is 0 Å². The van der Waals surface area contributed by atoms with Crippen LogP contribution in [0, 0.1) is 18.6 Å². The zero-order valence-corrected chi connectivity index (χ0v) is 14.5. The second kappa shape index (κ2) is 7.41. The van der Waals surface area contributed by atoms with E-state index in [4.69, 9.17) is 0 Å². The van der Waals surface area contributed by atoms with Crippen LogP contribution in [-0.2, 0) is 6.42 Å². The molecule has 2 N–H and O–H groups in total. The minimum Gasteiger partial charge on any atom is -0.321 e. The van der Waals surface area contributed by atoms with Crippen LogP contribution in [0.25, 0.3) is 11.1 Å². The van der Waals surface area contributed by atoms with E-state index < -0.39 is 35.8 Å². The first-order valence-corrected chi connectivity index (χ1v) is 8.11. The summed E-state index contributed by atoms with van der Waals surface area (Å²) in [5.41, 5.74) is 0.251. The van der Waals surface area contributed by atoms with Gasteiger partial charge in [0.05, 0.1) is 17.7 Å². The molecule has 0 aliphatic rings. The number of anilines is 1. The van der Waals surface area contributed by atoms with Crippen molar-refractivity contribution in [3.05, 3.63) is 71.1 Å². The van der Waals surface area contributed by atoms with E-state index in [1.165, 1.54) is 18.2 Å². The highest BCUT2D eigenvalue weighted by atomic mass is 19.4. The van der Waals surface area contributed by atoms with Gasteiger partial charge in [-0.2, -0.15) is 18.3 Å². The van der Waals surface area contributed by atoms with Gasteiger partial charge in [-0.25, -0.2) is 8.78 Å². The number of aryl methyl sites for hydroxylation is 1. The molecule has 28 heavy (non-hydrogen) atoms. The molecule has 1 aromatic heterocycles. The third kappa shape index (κ3) is 4.36. The highest BCUT2D eigenvalue weighted by Gasteiger charge is 2.31. The van der Waals surface area contributed by atoms with Gasteiger partial charge in [0.15, 0.2) is 0 Å². The lowest BCUT2D eigenvalue weighted by Gasteiger charge is -2.13. The number of H-pyrrole nitrogens is 1. The third-order valence-electron chi connectivity index (χ3n) is 4.04. The zero-order chi connectivity index (χ0) is 20.5. The summed E-state index contributed by atoms with van der Waals surface area (Å²) in [4.78, 5) is 12.5. The van der Waals surface area contributed by atoms with Crippen LogP contribution in [0.1, 0.15) is 21.6 Å². The van der Waals surface area contributed by atoms with Gasteiger partial charge in [-0.1, -0.05) is 12.1 Å². The minimum atomic E-state index is -4.54. The Hall–Kier alpha value is -3.23. The fourth-order valence-corrected chi connectivity index (χ4v) is 2.65. The molecule has 0 fully saturated rings. The number of nitrogens with zero attached hydrogens (tertiary/aromatic N) is 1. The maximum absolute atomic E-state index is 13.9. The fourth-order valence-electron chi connectivity index (χ4n) is 2.65. The molecule has 3 rings (SSSR count). The van der Waals surface area contributed by atoms with Crippen LogP contribution in [-0.4, -0.2) is 22.3 Å². The Balaban J connectivity index is 1.94. The number of hydrogen-bond acceptors (Lipinski definition) is 2. The summed E-state index contributed by atoms with van der Waals surface area (Å²) in [5.74, 6) is -1.98. The lowest BCUT2D eigenvalue weighted by atomic mass is 10.0. The van der Waals surface area contributed by atoms with Crippen LogP contribution in [0.5, 0.6) is 0 Å². The van der Waals surface area contributed by atoms with E-state index in [2.05, 4.69) is 15.5 Å². The van der Waals surface area contributed by atoms with Crippen LogP contribution in [0.4, 0.5) is 27.6 Å². The van der Waals surface area contributed by atoms with Gasteiger partial charge in [0, 0.05) is 17.4 Å². The summed E-state index contributed by atoms with van der Waals surface area (Å²) in [6, 6.07) is 7.67. The molecule has 0 radical (unpaired) electrons. The van der Waals surface area contributed by atoms with Gasteiger partial charge < -0.3 is 5.32 Å². The van der Waals surface area contributed by atoms with Gasteiger partial charge in [0.25, 0.3) is 5.91 Å². The smallest absolute Gasteiger partial charge is 0.321 e. The van der Waals surface area contributed by atoms with Gasteiger partial charge in [-0.05, 0) is 42.3 Å². The first-order chi connectivity index (χ1) is 13.1. The number of carbonyl (C=O) groups excluding carboxylic acids is 1. The molecule has 0 spiro atoms. The third-order valence-corrected chi connectivity index (χ3v) is 4.04. The Labute approximate surface area is 156 Å². The molecule has 2 aromatic carbocycles. The van der Waals surface area contributed by atoms with Crippen molar-refractivity contribution >= 4 is 11.6 Å². The maximum Gasteiger partial charge on any atom is 0.394 e. The molecule has 0 aliphatic heterocycles. The molecule has 0 bridgehead atoms. The number of alkyl halides is 3. The monoisotopic (exact) mass is 395 g/mol. The number of benzene rings is 2. The number of nitrogens with one attached hydrogen (secondary N) is 2. The zero-order valence-electron chi connectivity index (χ0n) is 14.5. The summed E-state index contributed by atoms with van der Waals surface area (Å²) in [5, 5.41) is 8.14. The van der Waals surface area contributed by atoms with E-state index >= 15 is 0 Å². The van der Waals surface area contributed by atoms with E-state index in [9.17, 15) is 26.7 Å². The van der Waals surface area contributed by atoms with E-state index in [1.54, 1.807) is 13.0 Å². The summed E-state index contributed by atoms with van der Waals surface area (Å²) in [6.07, 6.45) is -4.87. The van der Waals surface area contributed by atoms with E-state index in [1.807, 2.05) is 0 Å². The van der Waals surface area contributed by atoms with Crippen molar-refractivity contribution in [3.8, 4) is 11.1 Å². The van der Waals surface area contributed by atoms with Crippen molar-refractivity contribution < 1.29 is 26.7 Å². The summed E-state index contributed by atoms with van der Waals surface area (Å²) in [6.45, 7) is 1.56. The topological polar surface area (TPSA) is 57.8 Å². The summed E-state index contributed by atoms with van der Waals surface area (Å²) in [7, 11) is 0. The Bertz CT molecular complexity index is 1030. The molecule has 1 heterocycles. The number of hydrogen-bond donors (Lipinski definition) is 2. The summed E-state index contributed by atoms with van der Waals surface area (Å²) < 4.78 is 65.5. The summed E-state index contributed by atoms with van der Waals surface area (Å²) >= 11 is 0. The van der Waals surface area contributed by atoms with Crippen molar-refractivity contribution in [2.45, 2.75) is 19.5 Å². The SMILES string of the molecule is Cc1ccc(-c2cc(F)ccc2NC(=O)c2c[nH]nc2CC(F)(F)F)cc1F. The lowest BCUT2D eigenvalue weighted by molar-refractivity contribution is -0.127. The Kier molecular flexibility index (Phi) is 5.17. The fraction of sp³-hybridized carbons (Fsp3) is 0.158. The largest absolute Gasteiger partial charge is 0.394 e. The first-order valence-electron chi connectivity index (χ1n) is 8.11. The molecular weight excluding hydrogens is 381 g/mol. The van der Waals surface area contributed by atoms with Crippen molar-refractivity contribution in [3.63, 3.8) is 0 Å². The molecule has 4 nitrogen and oxygen atoms in total. The first kappa shape index (κ1) is 19.5. The average molecular weight is 395 g/mol. The number of aromatic nitrogens is 2. The molecule has 0 aliphatic carbocycles. The van der Waals surface area contributed by atoms with Gasteiger partial charge in [-0.3, -0.25) is 9.89 Å². The van der Waals surface area contributed by atoms with E-state index in [0.717, 1.165) is 18.3 Å². The van der Waals surface area contributed by atoms with Gasteiger partial charge in [0.1, 0.15) is 11.6 Å². The normalized spacial score (nSPS) is 11.5. The number of carbonyl (C=O) groups is 1. The number of rotatable bonds is 4. The van der Waals surface area contributed by atoms with E-state index in [0.29, 0.717) is 11.1 Å². The molecule has 9 heteroatoms. The number of amides is 1. The van der Waals surface area contributed by atoms with Gasteiger partial charge in [0.2, 0.25) is 0 Å². The quantitative estimate of drug-likeness (QED) is 0.610. The Morgan fingerprint density at radius 2 is 1.89 bits per heavy atom. The molecule has 0 atom stereocenters. The van der Waals surface area contributed by atoms with Crippen molar-refractivity contribution in [1.29, 1.82) is 0 Å². The second-order valence-electron chi connectivity index (χ2n) is 6.15. The molecule has 1 amide bonds. The Morgan fingerprint density at radius 3 is 2.57 bits per heavy atom. The number of halogens is 5. The second-order valence-corrected chi connectivity index (χ2v) is 6.15. The van der Waals surface area contributed by atoms with Crippen molar-refractivity contribution in [2.75, 3.05) is 5.32 Å². The maximum atomic E-state index is 13.9. The van der Waals surface area contributed by atoms with Gasteiger partial charge >= 0.3 is 6.18 Å². The standard InChI is InChI=1S/C19H14F5N3O/c1-10-2-3-11(6-15(10)21)13-7-12(20)4-5-16(13)26-18(28)14-9-25-27-17(14)8-19(22,23)24/h2-7,9H,8H2,1H3,(H,25,27)(H,26,28). The van der Waals surface area contributed by atoms with Crippen molar-refractivity contribution in [2.24, 2.45) is 0 Å². The van der Waals surface area contributed by atoms with Crippen LogP contribution in [0.15, 0.2) is 42.6 Å².